The van der Waals surface area contributed by atoms with Crippen LogP contribution in [0, 0.1) is 82.7 Å². The van der Waals surface area contributed by atoms with Crippen LogP contribution in [-0.2, 0) is 33.6 Å². The third kappa shape index (κ3) is 15.3. The maximum absolute atomic E-state index is 7.66. The Morgan fingerprint density at radius 2 is 0.658 bits per heavy atom. The van der Waals surface area contributed by atoms with E-state index in [0.717, 1.165) is 45.8 Å². The lowest BCUT2D eigenvalue weighted by Crippen LogP contribution is -2.42. The average molecular weight is 1560 g/mol. The largest absolute Gasteiger partial charge is 0.300 e. The van der Waals surface area contributed by atoms with E-state index in [4.69, 9.17) is 6.57 Å². The minimum absolute atomic E-state index is 0.0306. The van der Waals surface area contributed by atoms with Gasteiger partial charge in [-0.05, 0) is 216 Å². The second-order valence-electron chi connectivity index (χ2n) is 33.4. The van der Waals surface area contributed by atoms with E-state index >= 15 is 0 Å². The van der Waals surface area contributed by atoms with Gasteiger partial charge in [0.25, 0.3) is 23.3 Å². The molecule has 8 heterocycles. The molecular formula is C100H117N17+8. The van der Waals surface area contributed by atoms with Crippen molar-refractivity contribution in [2.24, 2.45) is 28.2 Å². The molecule has 0 fully saturated rings. The predicted molar refractivity (Wildman–Crippen MR) is 470 cm³/mol. The molecule has 0 aliphatic heterocycles. The highest BCUT2D eigenvalue weighted by molar-refractivity contribution is 5.96. The molecule has 16 aromatic rings. The molecule has 0 unspecified atom stereocenters. The van der Waals surface area contributed by atoms with E-state index in [1.165, 1.54) is 133 Å². The quantitative estimate of drug-likeness (QED) is 0.0897. The van der Waals surface area contributed by atoms with Gasteiger partial charge in [-0.15, -0.1) is 18.7 Å². The van der Waals surface area contributed by atoms with Crippen molar-refractivity contribution >= 4 is 49.3 Å². The van der Waals surface area contributed by atoms with Crippen LogP contribution in [-0.4, -0.2) is 38.7 Å². The molecule has 0 N–H and O–H groups in total. The van der Waals surface area contributed by atoms with Crippen molar-refractivity contribution < 1.29 is 37.0 Å². The molecular weight excluding hydrogens is 1440 g/mol. The molecule has 594 valence electrons. The Morgan fingerprint density at radius 1 is 0.342 bits per heavy atom. The fourth-order valence-corrected chi connectivity index (χ4v) is 17.9. The van der Waals surface area contributed by atoms with E-state index in [0.29, 0.717) is 29.9 Å². The molecule has 0 aliphatic carbocycles. The van der Waals surface area contributed by atoms with E-state index in [2.05, 4.69) is 393 Å². The summed E-state index contributed by atoms with van der Waals surface area (Å²) in [5.74, 6) is 3.84. The second kappa shape index (κ2) is 33.3. The summed E-state index contributed by atoms with van der Waals surface area (Å²) in [7, 11) is 8.62. The van der Waals surface area contributed by atoms with E-state index in [9.17, 15) is 0 Å². The molecule has 8 aromatic heterocycles. The zero-order valence-electron chi connectivity index (χ0n) is 73.6. The smallest absolute Gasteiger partial charge is 0.238 e. The first-order valence-electron chi connectivity index (χ1n) is 41.0. The van der Waals surface area contributed by atoms with Crippen LogP contribution in [0.5, 0.6) is 0 Å². The first-order valence-corrected chi connectivity index (χ1v) is 41.0. The van der Waals surface area contributed by atoms with Crippen molar-refractivity contribution in [3.8, 4) is 67.8 Å². The van der Waals surface area contributed by atoms with E-state index in [-0.39, 0.29) is 5.41 Å². The molecule has 16 rings (SSSR count). The number of rotatable bonds is 12. The number of benzene rings is 8. The Balaban J connectivity index is 0.000000136. The van der Waals surface area contributed by atoms with Gasteiger partial charge in [-0.1, -0.05) is 95.3 Å². The summed E-state index contributed by atoms with van der Waals surface area (Å²) in [6.45, 7) is 55.9. The second-order valence-corrected chi connectivity index (χ2v) is 33.4. The van der Waals surface area contributed by atoms with Gasteiger partial charge in [0.2, 0.25) is 22.8 Å². The van der Waals surface area contributed by atoms with Gasteiger partial charge in [0.05, 0.1) is 69.0 Å². The van der Waals surface area contributed by atoms with Gasteiger partial charge < -0.3 is 0 Å². The molecule has 0 aliphatic rings. The zero-order chi connectivity index (χ0) is 84.1. The standard InChI is InChI=1S/C27H34N4.C25H30N4.C24H25N5.C24H28N4/c1-18(2)31-24-13-10-9-12-22(24)26(29(31)8)23-16-21(27(5,6)7)17-25(19(23)3)30-15-11-14-28-20(30)4;1-16(2)29-22-12-9-8-11-21(22)25(27(29)7)23-17(3)15-18(4)24(19(23)5)28-14-10-13-26-20(28)6;1-16(2)29-22-11-8-7-10-20(22)24(27(29)6)21-14-19(25-5)15-23(17(21)3)28-13-9-12-26-18(28)4;1-16(2)28-22-11-8-7-10-20(22)24(26(28)6)21-14-17(3)15-23(18(21)4)27-13-9-12-25-19(27)5/h9-18H,1-8H3;8-16H,1-7H3;7-16H,1-4,6H3;7-16H,1-6H3/q4*+2. The highest BCUT2D eigenvalue weighted by Crippen LogP contribution is 2.40. The highest BCUT2D eigenvalue weighted by Gasteiger charge is 2.35. The molecule has 0 spiro atoms. The van der Waals surface area contributed by atoms with Gasteiger partial charge in [-0.3, -0.25) is 0 Å². The predicted octanol–water partition coefficient (Wildman–Crippen LogP) is 18.8. The Hall–Kier alpha value is -12.6. The molecule has 0 saturated heterocycles. The Bertz CT molecular complexity index is 6540. The molecule has 0 atom stereocenters. The van der Waals surface area contributed by atoms with E-state index in [1.807, 2.05) is 75.0 Å². The zero-order valence-corrected chi connectivity index (χ0v) is 73.6. The van der Waals surface area contributed by atoms with Crippen LogP contribution in [0.25, 0.3) is 116 Å². The summed E-state index contributed by atoms with van der Waals surface area (Å²) in [6.07, 6.45) is 15.6. The number of hydrogen-bond donors (Lipinski definition) is 0. The summed E-state index contributed by atoms with van der Waals surface area (Å²) in [4.78, 5) is 21.7. The molecule has 17 nitrogen and oxygen atoms in total. The molecule has 0 radical (unpaired) electrons. The van der Waals surface area contributed by atoms with Crippen LogP contribution >= 0.6 is 0 Å². The van der Waals surface area contributed by atoms with E-state index in [1.54, 1.807) is 6.20 Å². The van der Waals surface area contributed by atoms with Crippen molar-refractivity contribution in [1.82, 2.24) is 38.7 Å². The van der Waals surface area contributed by atoms with Gasteiger partial charge in [0.15, 0.2) is 33.9 Å². The molecule has 117 heavy (non-hydrogen) atoms. The van der Waals surface area contributed by atoms with Crippen molar-refractivity contribution in [2.45, 2.75) is 182 Å². The number of nitrogens with zero attached hydrogens (tertiary/aromatic N) is 17. The summed E-state index contributed by atoms with van der Waals surface area (Å²) >= 11 is 0. The number of aryl methyl sites for hydroxylation is 7. The summed E-state index contributed by atoms with van der Waals surface area (Å²) in [5, 5.41) is 5.04. The van der Waals surface area contributed by atoms with Crippen LogP contribution in [0.2, 0.25) is 0 Å². The molecule has 17 heteroatoms. The third-order valence-corrected chi connectivity index (χ3v) is 23.1. The van der Waals surface area contributed by atoms with Gasteiger partial charge in [0, 0.05) is 79.8 Å². The number of para-hydroxylation sites is 4. The maximum atomic E-state index is 7.66. The topological polar surface area (TPSA) is 107 Å². The Labute approximate surface area is 691 Å². The number of hydrogen-bond acceptors (Lipinski definition) is 4. The SMILES string of the molecule is Cc1c(-c2c3ccccc3n(C(C)C)[n+]2C)cc(C(C)(C)C)cc1-[n+]1cccnc1C.Cc1cc(-c2c3ccccc3n(C(C)C)[n+]2C)c(C)c(-[n+]2cccnc2C)c1.Cc1cc(C)c(-[n+]2cccnc2C)c(C)c1-c1c2ccccc2n(C(C)C)[n+]1C.[C-]#[N+]c1cc(-c2c3ccccc3n(C(C)C)[n+]2C)c(C)c(-[n+]2cccnc2C)c1. The Morgan fingerprint density at radius 3 is 1.01 bits per heavy atom. The first-order chi connectivity index (χ1) is 55.8. The lowest BCUT2D eigenvalue weighted by molar-refractivity contribution is -0.743. The van der Waals surface area contributed by atoms with Crippen molar-refractivity contribution in [2.75, 3.05) is 0 Å². The van der Waals surface area contributed by atoms with Gasteiger partial charge in [-0.25, -0.2) is 18.5 Å². The highest BCUT2D eigenvalue weighted by atomic mass is 15.4. The van der Waals surface area contributed by atoms with Crippen LogP contribution in [0.4, 0.5) is 5.69 Å². The number of aromatic nitrogens is 16. The van der Waals surface area contributed by atoms with Gasteiger partial charge in [0.1, 0.15) is 94.4 Å². The molecule has 0 saturated carbocycles. The monoisotopic (exact) mass is 1560 g/mol. The van der Waals surface area contributed by atoms with Crippen molar-refractivity contribution in [3.05, 3.63) is 293 Å². The average Bonchev–Trinajstić information content (AvgIpc) is 1.55. The summed E-state index contributed by atoms with van der Waals surface area (Å²) in [6, 6.07) is 59.5. The van der Waals surface area contributed by atoms with Crippen LogP contribution < -0.4 is 37.0 Å². The van der Waals surface area contributed by atoms with Gasteiger partial charge in [-0.2, -0.15) is 23.3 Å². The fraction of sp³-hybridized carbons (Fsp3) is 0.310. The summed E-state index contributed by atoms with van der Waals surface area (Å²) < 4.78 is 27.2. The fourth-order valence-electron chi connectivity index (χ4n) is 17.9. The van der Waals surface area contributed by atoms with E-state index < -0.39 is 0 Å². The minimum atomic E-state index is 0.0306. The maximum Gasteiger partial charge on any atom is 0.300 e. The molecule has 0 amide bonds. The van der Waals surface area contributed by atoms with Crippen LogP contribution in [0.1, 0.15) is 168 Å². The van der Waals surface area contributed by atoms with Gasteiger partial charge >= 0.3 is 0 Å². The van der Waals surface area contributed by atoms with Crippen LogP contribution in [0.3, 0.4) is 0 Å². The lowest BCUT2D eigenvalue weighted by Gasteiger charge is -2.22. The lowest BCUT2D eigenvalue weighted by atomic mass is 9.84. The molecule has 0 bridgehead atoms. The van der Waals surface area contributed by atoms with Crippen LogP contribution in [0.15, 0.2) is 213 Å². The first kappa shape index (κ1) is 82.4. The van der Waals surface area contributed by atoms with Crippen molar-refractivity contribution in [3.63, 3.8) is 0 Å². The summed E-state index contributed by atoms with van der Waals surface area (Å²) in [5.41, 5.74) is 30.1. The third-order valence-electron chi connectivity index (χ3n) is 23.1. The number of fused-ring (bicyclic) bond motifs is 4. The normalized spacial score (nSPS) is 11.6. The minimum Gasteiger partial charge on any atom is -0.238 e. The molecule has 8 aromatic carbocycles. The van der Waals surface area contributed by atoms with Crippen molar-refractivity contribution in [1.29, 1.82) is 0 Å². The Kier molecular flexibility index (Phi) is 23.5.